The number of rotatable bonds is 5. The SMILES string of the molecule is C/C(C(=O)c1ccc(F)cc1)=[N+](\[O-])C/C(=N\O)c1ccccc1. The number of carbonyl (C=O) groups is 1. The molecule has 0 radical (unpaired) electrons. The van der Waals surface area contributed by atoms with Crippen molar-refractivity contribution in [2.75, 3.05) is 6.54 Å². The van der Waals surface area contributed by atoms with Crippen LogP contribution in [0.25, 0.3) is 0 Å². The third-order valence-corrected chi connectivity index (χ3v) is 3.33. The van der Waals surface area contributed by atoms with Gasteiger partial charge in [-0.2, -0.15) is 4.74 Å². The van der Waals surface area contributed by atoms with E-state index in [1.165, 1.54) is 19.1 Å². The van der Waals surface area contributed by atoms with Crippen LogP contribution in [0.15, 0.2) is 59.8 Å². The van der Waals surface area contributed by atoms with Crippen LogP contribution in [0.5, 0.6) is 0 Å². The highest BCUT2D eigenvalue weighted by molar-refractivity contribution is 6.43. The van der Waals surface area contributed by atoms with Crippen LogP contribution >= 0.6 is 0 Å². The van der Waals surface area contributed by atoms with Crippen molar-refractivity contribution in [3.8, 4) is 0 Å². The first-order chi connectivity index (χ1) is 11.0. The maximum absolute atomic E-state index is 12.9. The number of benzene rings is 2. The van der Waals surface area contributed by atoms with E-state index in [9.17, 15) is 14.4 Å². The van der Waals surface area contributed by atoms with E-state index in [-0.39, 0.29) is 23.5 Å². The van der Waals surface area contributed by atoms with Crippen LogP contribution in [0, 0.1) is 11.0 Å². The summed E-state index contributed by atoms with van der Waals surface area (Å²) in [6.45, 7) is 1.10. The molecular weight excluding hydrogens is 299 g/mol. The van der Waals surface area contributed by atoms with Crippen LogP contribution < -0.4 is 0 Å². The van der Waals surface area contributed by atoms with Gasteiger partial charge >= 0.3 is 0 Å². The molecule has 0 spiro atoms. The lowest BCUT2D eigenvalue weighted by Crippen LogP contribution is -2.27. The Morgan fingerprint density at radius 2 is 1.74 bits per heavy atom. The van der Waals surface area contributed by atoms with Crippen molar-refractivity contribution in [1.29, 1.82) is 0 Å². The van der Waals surface area contributed by atoms with Crippen molar-refractivity contribution in [3.05, 3.63) is 76.7 Å². The number of hydrogen-bond donors (Lipinski definition) is 1. The molecule has 0 aliphatic rings. The lowest BCUT2D eigenvalue weighted by Gasteiger charge is -2.09. The van der Waals surface area contributed by atoms with Crippen molar-refractivity contribution in [2.24, 2.45) is 5.16 Å². The zero-order chi connectivity index (χ0) is 16.8. The summed E-state index contributed by atoms with van der Waals surface area (Å²) in [7, 11) is 0. The summed E-state index contributed by atoms with van der Waals surface area (Å²) in [5, 5.41) is 24.4. The van der Waals surface area contributed by atoms with Crippen molar-refractivity contribution in [3.63, 3.8) is 0 Å². The minimum Gasteiger partial charge on any atom is -0.623 e. The van der Waals surface area contributed by atoms with Crippen LogP contribution in [0.3, 0.4) is 0 Å². The average Bonchev–Trinajstić information content (AvgIpc) is 2.59. The molecule has 0 unspecified atom stereocenters. The molecule has 0 bridgehead atoms. The summed E-state index contributed by atoms with van der Waals surface area (Å²) >= 11 is 0. The Hall–Kier alpha value is -3.02. The van der Waals surface area contributed by atoms with E-state index in [0.29, 0.717) is 10.3 Å². The quantitative estimate of drug-likeness (QED) is 0.230. The number of oxime groups is 1. The van der Waals surface area contributed by atoms with E-state index >= 15 is 0 Å². The zero-order valence-electron chi connectivity index (χ0n) is 12.4. The third-order valence-electron chi connectivity index (χ3n) is 3.33. The van der Waals surface area contributed by atoms with Crippen LogP contribution in [-0.4, -0.2) is 33.7 Å². The summed E-state index contributed by atoms with van der Waals surface area (Å²) in [5.41, 5.74) is 0.866. The van der Waals surface area contributed by atoms with E-state index in [0.717, 1.165) is 12.1 Å². The smallest absolute Gasteiger partial charge is 0.252 e. The Morgan fingerprint density at radius 3 is 2.30 bits per heavy atom. The van der Waals surface area contributed by atoms with Crippen LogP contribution in [0.2, 0.25) is 0 Å². The van der Waals surface area contributed by atoms with E-state index < -0.39 is 11.6 Å². The van der Waals surface area contributed by atoms with E-state index in [1.807, 2.05) is 0 Å². The second-order valence-electron chi connectivity index (χ2n) is 4.87. The van der Waals surface area contributed by atoms with Gasteiger partial charge in [-0.15, -0.1) is 0 Å². The molecule has 2 aromatic rings. The lowest BCUT2D eigenvalue weighted by molar-refractivity contribution is -0.439. The Kier molecular flexibility index (Phi) is 5.19. The minimum absolute atomic E-state index is 0.0753. The summed E-state index contributed by atoms with van der Waals surface area (Å²) in [4.78, 5) is 12.2. The summed E-state index contributed by atoms with van der Waals surface area (Å²) in [6, 6.07) is 13.6. The van der Waals surface area contributed by atoms with Gasteiger partial charge in [0.1, 0.15) is 5.82 Å². The van der Waals surface area contributed by atoms with Crippen LogP contribution in [0.4, 0.5) is 4.39 Å². The second-order valence-corrected chi connectivity index (χ2v) is 4.87. The molecule has 1 N–H and O–H groups in total. The second kappa shape index (κ2) is 7.31. The number of carbonyl (C=O) groups excluding carboxylic acids is 1. The molecule has 0 amide bonds. The zero-order valence-corrected chi connectivity index (χ0v) is 12.4. The Labute approximate surface area is 132 Å². The fraction of sp³-hybridized carbons (Fsp3) is 0.118. The number of halogens is 1. The van der Waals surface area contributed by atoms with Gasteiger partial charge in [-0.25, -0.2) is 4.39 Å². The molecular formula is C17H15FN2O3. The molecule has 118 valence electrons. The maximum atomic E-state index is 12.9. The molecule has 0 aliphatic heterocycles. The largest absolute Gasteiger partial charge is 0.623 e. The highest BCUT2D eigenvalue weighted by atomic mass is 19.1. The van der Waals surface area contributed by atoms with Gasteiger partial charge in [0.25, 0.3) is 5.78 Å². The van der Waals surface area contributed by atoms with Crippen LogP contribution in [-0.2, 0) is 0 Å². The monoisotopic (exact) mass is 314 g/mol. The van der Waals surface area contributed by atoms with Crippen molar-refractivity contribution in [1.82, 2.24) is 0 Å². The van der Waals surface area contributed by atoms with Crippen molar-refractivity contribution < 1.29 is 19.1 Å². The molecule has 0 atom stereocenters. The third kappa shape index (κ3) is 4.00. The number of Topliss-reactive ketones (excluding diaryl/α,β-unsaturated/α-hetero) is 1. The fourth-order valence-corrected chi connectivity index (χ4v) is 1.99. The molecule has 6 heteroatoms. The topological polar surface area (TPSA) is 75.7 Å². The first-order valence-electron chi connectivity index (χ1n) is 6.87. The molecule has 0 fully saturated rings. The van der Waals surface area contributed by atoms with Gasteiger partial charge in [0.2, 0.25) is 5.71 Å². The van der Waals surface area contributed by atoms with Crippen molar-refractivity contribution >= 4 is 17.2 Å². The standard InChI is InChI=1S/C17H15FN2O3/c1-12(17(21)14-7-9-15(18)10-8-14)20(23)11-16(19-22)13-5-3-2-4-6-13/h2-10,22H,11H2,1H3/b19-16+,20-12+. The predicted molar refractivity (Wildman–Crippen MR) is 84.7 cm³/mol. The Morgan fingerprint density at radius 1 is 1.13 bits per heavy atom. The van der Waals surface area contributed by atoms with Gasteiger partial charge in [0.15, 0.2) is 12.3 Å². The van der Waals surface area contributed by atoms with Gasteiger partial charge in [0, 0.05) is 18.1 Å². The summed E-state index contributed by atoms with van der Waals surface area (Å²) < 4.78 is 13.3. The number of nitrogens with zero attached hydrogens (tertiary/aromatic N) is 2. The maximum Gasteiger partial charge on any atom is 0.252 e. The lowest BCUT2D eigenvalue weighted by atomic mass is 10.1. The summed E-state index contributed by atoms with van der Waals surface area (Å²) in [5.74, 6) is -0.970. The average molecular weight is 314 g/mol. The highest BCUT2D eigenvalue weighted by Crippen LogP contribution is 2.06. The van der Waals surface area contributed by atoms with Gasteiger partial charge < -0.3 is 10.4 Å². The van der Waals surface area contributed by atoms with E-state index in [4.69, 9.17) is 5.21 Å². The Bertz CT molecular complexity index is 753. The molecule has 5 nitrogen and oxygen atoms in total. The van der Waals surface area contributed by atoms with Gasteiger partial charge in [-0.05, 0) is 24.3 Å². The predicted octanol–water partition coefficient (Wildman–Crippen LogP) is 2.86. The number of hydrogen-bond acceptors (Lipinski definition) is 4. The highest BCUT2D eigenvalue weighted by Gasteiger charge is 2.19. The molecule has 23 heavy (non-hydrogen) atoms. The molecule has 0 aliphatic carbocycles. The van der Waals surface area contributed by atoms with Gasteiger partial charge in [-0.3, -0.25) is 4.79 Å². The van der Waals surface area contributed by atoms with Gasteiger partial charge in [-0.1, -0.05) is 35.5 Å². The molecule has 0 aromatic heterocycles. The van der Waals surface area contributed by atoms with Crippen LogP contribution in [0.1, 0.15) is 22.8 Å². The Balaban J connectivity index is 2.22. The van der Waals surface area contributed by atoms with Gasteiger partial charge in [0.05, 0.1) is 0 Å². The van der Waals surface area contributed by atoms with E-state index in [1.54, 1.807) is 30.3 Å². The van der Waals surface area contributed by atoms with E-state index in [2.05, 4.69) is 5.16 Å². The first-order valence-corrected chi connectivity index (χ1v) is 6.87. The molecule has 2 aromatic carbocycles. The van der Waals surface area contributed by atoms with Crippen molar-refractivity contribution in [2.45, 2.75) is 6.92 Å². The molecule has 2 rings (SSSR count). The molecule has 0 heterocycles. The molecule has 0 saturated carbocycles. The fourth-order valence-electron chi connectivity index (χ4n) is 1.99. The first kappa shape index (κ1) is 16.4. The normalized spacial score (nSPS) is 12.7. The number of hydroxylamine groups is 1. The minimum atomic E-state index is -0.509. The molecule has 0 saturated heterocycles. The summed E-state index contributed by atoms with van der Waals surface area (Å²) in [6.07, 6.45) is 0. The number of ketones is 1.